The van der Waals surface area contributed by atoms with Crippen LogP contribution in [0.4, 0.5) is 4.39 Å². The number of imidazole rings is 1. The largest absolute Gasteiger partial charge is 0.346 e. The molecule has 2 aromatic carbocycles. The van der Waals surface area contributed by atoms with E-state index in [2.05, 4.69) is 15.3 Å². The van der Waals surface area contributed by atoms with Gasteiger partial charge in [0, 0.05) is 19.0 Å². The van der Waals surface area contributed by atoms with Crippen molar-refractivity contribution >= 4 is 15.9 Å². The number of carbonyl (C=O) groups is 1. The molecule has 9 heteroatoms. The molecule has 3 aromatic rings. The van der Waals surface area contributed by atoms with Gasteiger partial charge in [-0.05, 0) is 37.0 Å². The van der Waals surface area contributed by atoms with Crippen molar-refractivity contribution in [3.63, 3.8) is 0 Å². The zero-order chi connectivity index (χ0) is 23.4. The van der Waals surface area contributed by atoms with Gasteiger partial charge < -0.3 is 10.3 Å². The molecule has 1 aliphatic rings. The van der Waals surface area contributed by atoms with Crippen LogP contribution in [0, 0.1) is 11.7 Å². The second-order valence-electron chi connectivity index (χ2n) is 8.13. The minimum absolute atomic E-state index is 0.123. The number of piperidine rings is 1. The van der Waals surface area contributed by atoms with Gasteiger partial charge >= 0.3 is 0 Å². The first-order chi connectivity index (χ1) is 15.9. The predicted octanol–water partition coefficient (Wildman–Crippen LogP) is 3.88. The van der Waals surface area contributed by atoms with E-state index >= 15 is 0 Å². The molecule has 33 heavy (non-hydrogen) atoms. The first-order valence-corrected chi connectivity index (χ1v) is 12.5. The summed E-state index contributed by atoms with van der Waals surface area (Å²) in [4.78, 5) is 20.3. The number of benzene rings is 2. The molecule has 1 aromatic heterocycles. The van der Waals surface area contributed by atoms with Gasteiger partial charge in [-0.15, -0.1) is 0 Å². The Kier molecular flexibility index (Phi) is 6.90. The lowest BCUT2D eigenvalue weighted by molar-refractivity contribution is -0.127. The molecule has 4 rings (SSSR count). The van der Waals surface area contributed by atoms with Crippen LogP contribution in [0.5, 0.6) is 0 Å². The average Bonchev–Trinajstić information content (AvgIpc) is 3.33. The lowest BCUT2D eigenvalue weighted by atomic mass is 9.96. The minimum Gasteiger partial charge on any atom is -0.346 e. The van der Waals surface area contributed by atoms with Gasteiger partial charge in [-0.25, -0.2) is 17.8 Å². The molecule has 1 amide bonds. The highest BCUT2D eigenvalue weighted by Gasteiger charge is 2.34. The van der Waals surface area contributed by atoms with Gasteiger partial charge in [0.05, 0.1) is 17.9 Å². The Morgan fingerprint density at radius 3 is 2.48 bits per heavy atom. The molecule has 1 atom stereocenters. The van der Waals surface area contributed by atoms with Crippen molar-refractivity contribution in [2.24, 2.45) is 5.92 Å². The Hall–Kier alpha value is -3.04. The third kappa shape index (κ3) is 4.99. The highest BCUT2D eigenvalue weighted by molar-refractivity contribution is 7.89. The maximum atomic E-state index is 14.0. The number of sulfonamides is 1. The standard InChI is InChI=1S/C24H27FN4O3S/c1-2-20(23-26-16-21(27-23)17-8-4-3-5-9-17)28-24(30)18-12-14-29(15-13-18)33(31,32)22-11-7-6-10-19(22)25/h3-11,16,18,20H,2,12-15H2,1H3,(H,26,27)(H,28,30). The summed E-state index contributed by atoms with van der Waals surface area (Å²) in [6, 6.07) is 14.9. The van der Waals surface area contributed by atoms with Gasteiger partial charge in [-0.2, -0.15) is 4.31 Å². The Morgan fingerprint density at radius 2 is 1.82 bits per heavy atom. The second-order valence-corrected chi connectivity index (χ2v) is 10.0. The Labute approximate surface area is 193 Å². The van der Waals surface area contributed by atoms with Crippen molar-refractivity contribution < 1.29 is 17.6 Å². The van der Waals surface area contributed by atoms with Gasteiger partial charge in [0.1, 0.15) is 16.5 Å². The molecule has 0 bridgehead atoms. The molecule has 1 aliphatic heterocycles. The van der Waals surface area contributed by atoms with Gasteiger partial charge in [0.15, 0.2) is 0 Å². The van der Waals surface area contributed by atoms with E-state index in [1.807, 2.05) is 37.3 Å². The van der Waals surface area contributed by atoms with Crippen molar-refractivity contribution in [2.75, 3.05) is 13.1 Å². The number of rotatable bonds is 7. The first kappa shape index (κ1) is 23.1. The first-order valence-electron chi connectivity index (χ1n) is 11.1. The van der Waals surface area contributed by atoms with Crippen LogP contribution >= 0.6 is 0 Å². The molecule has 1 fully saturated rings. The third-order valence-corrected chi connectivity index (χ3v) is 7.95. The lowest BCUT2D eigenvalue weighted by Gasteiger charge is -2.31. The van der Waals surface area contributed by atoms with E-state index in [4.69, 9.17) is 0 Å². The van der Waals surface area contributed by atoms with Crippen molar-refractivity contribution in [1.29, 1.82) is 0 Å². The number of amides is 1. The molecule has 0 radical (unpaired) electrons. The van der Waals surface area contributed by atoms with Crippen molar-refractivity contribution in [1.82, 2.24) is 19.6 Å². The van der Waals surface area contributed by atoms with Gasteiger partial charge in [0.2, 0.25) is 15.9 Å². The Bertz CT molecular complexity index is 1210. The number of nitrogens with one attached hydrogen (secondary N) is 2. The number of nitrogens with zero attached hydrogens (tertiary/aromatic N) is 2. The average molecular weight is 471 g/mol. The van der Waals surface area contributed by atoms with E-state index in [0.717, 1.165) is 17.3 Å². The fraction of sp³-hybridized carbons (Fsp3) is 0.333. The summed E-state index contributed by atoms with van der Waals surface area (Å²) in [6.07, 6.45) is 3.17. The van der Waals surface area contributed by atoms with E-state index in [-0.39, 0.29) is 35.9 Å². The van der Waals surface area contributed by atoms with E-state index in [9.17, 15) is 17.6 Å². The van der Waals surface area contributed by atoms with Crippen LogP contribution in [-0.2, 0) is 14.8 Å². The molecule has 2 heterocycles. The van der Waals surface area contributed by atoms with Crippen LogP contribution in [0.1, 0.15) is 38.1 Å². The fourth-order valence-corrected chi connectivity index (χ4v) is 5.62. The van der Waals surface area contributed by atoms with Crippen molar-refractivity contribution in [2.45, 2.75) is 37.1 Å². The van der Waals surface area contributed by atoms with Crippen LogP contribution in [0.25, 0.3) is 11.3 Å². The van der Waals surface area contributed by atoms with Crippen LogP contribution in [-0.4, -0.2) is 41.7 Å². The number of hydrogen-bond acceptors (Lipinski definition) is 4. The summed E-state index contributed by atoms with van der Waals surface area (Å²) in [7, 11) is -3.92. The predicted molar refractivity (Wildman–Crippen MR) is 123 cm³/mol. The maximum Gasteiger partial charge on any atom is 0.245 e. The molecular formula is C24H27FN4O3S. The highest BCUT2D eigenvalue weighted by Crippen LogP contribution is 2.27. The fourth-order valence-electron chi connectivity index (χ4n) is 4.08. The van der Waals surface area contributed by atoms with Crippen LogP contribution in [0.15, 0.2) is 65.7 Å². The third-order valence-electron chi connectivity index (χ3n) is 6.01. The smallest absolute Gasteiger partial charge is 0.245 e. The Balaban J connectivity index is 1.38. The van der Waals surface area contributed by atoms with Crippen molar-refractivity contribution in [3.8, 4) is 11.3 Å². The number of aromatic nitrogens is 2. The molecule has 0 saturated carbocycles. The zero-order valence-electron chi connectivity index (χ0n) is 18.4. The van der Waals surface area contributed by atoms with E-state index in [1.165, 1.54) is 22.5 Å². The monoisotopic (exact) mass is 470 g/mol. The lowest BCUT2D eigenvalue weighted by Crippen LogP contribution is -2.43. The van der Waals surface area contributed by atoms with Crippen LogP contribution in [0.3, 0.4) is 0 Å². The molecule has 2 N–H and O–H groups in total. The highest BCUT2D eigenvalue weighted by atomic mass is 32.2. The number of halogens is 1. The van der Waals surface area contributed by atoms with Crippen LogP contribution in [0.2, 0.25) is 0 Å². The molecule has 7 nitrogen and oxygen atoms in total. The second kappa shape index (κ2) is 9.84. The van der Waals surface area contributed by atoms with E-state index in [1.54, 1.807) is 6.20 Å². The van der Waals surface area contributed by atoms with Gasteiger partial charge in [-0.3, -0.25) is 4.79 Å². The number of H-pyrrole nitrogens is 1. The summed E-state index contributed by atoms with van der Waals surface area (Å²) in [6.45, 7) is 2.31. The minimum atomic E-state index is -3.92. The number of hydrogen-bond donors (Lipinski definition) is 2. The van der Waals surface area contributed by atoms with Crippen LogP contribution < -0.4 is 5.32 Å². The van der Waals surface area contributed by atoms with Crippen molar-refractivity contribution in [3.05, 3.63) is 72.4 Å². The van der Waals surface area contributed by atoms with Gasteiger partial charge in [-0.1, -0.05) is 49.4 Å². The Morgan fingerprint density at radius 1 is 1.15 bits per heavy atom. The molecule has 1 saturated heterocycles. The number of carbonyl (C=O) groups excluding carboxylic acids is 1. The van der Waals surface area contributed by atoms with E-state index < -0.39 is 15.8 Å². The van der Waals surface area contributed by atoms with Gasteiger partial charge in [0.25, 0.3) is 0 Å². The summed E-state index contributed by atoms with van der Waals surface area (Å²) in [5, 5.41) is 3.05. The molecule has 0 aliphatic carbocycles. The summed E-state index contributed by atoms with van der Waals surface area (Å²) >= 11 is 0. The topological polar surface area (TPSA) is 95.2 Å². The summed E-state index contributed by atoms with van der Waals surface area (Å²) in [5.41, 5.74) is 1.89. The number of aromatic amines is 1. The normalized spacial score (nSPS) is 16.4. The molecule has 0 spiro atoms. The SMILES string of the molecule is CCC(NC(=O)C1CCN(S(=O)(=O)c2ccccc2F)CC1)c1ncc(-c2ccccc2)[nH]1. The summed E-state index contributed by atoms with van der Waals surface area (Å²) in [5.74, 6) is -0.516. The zero-order valence-corrected chi connectivity index (χ0v) is 19.2. The van der Waals surface area contributed by atoms with E-state index in [0.29, 0.717) is 25.1 Å². The molecular weight excluding hydrogens is 443 g/mol. The maximum absolute atomic E-state index is 14.0. The quantitative estimate of drug-likeness (QED) is 0.548. The molecule has 1 unspecified atom stereocenters. The summed E-state index contributed by atoms with van der Waals surface area (Å²) < 4.78 is 40.8. The molecule has 174 valence electrons.